The van der Waals surface area contributed by atoms with Crippen LogP contribution >= 0.6 is 7.92 Å². The van der Waals surface area contributed by atoms with Crippen molar-refractivity contribution in [1.29, 1.82) is 0 Å². The van der Waals surface area contributed by atoms with Gasteiger partial charge in [-0.2, -0.15) is 0 Å². The lowest BCUT2D eigenvalue weighted by Gasteiger charge is -2.40. The molecule has 6 nitrogen and oxygen atoms in total. The summed E-state index contributed by atoms with van der Waals surface area (Å²) in [5, 5.41) is 0. The van der Waals surface area contributed by atoms with E-state index in [1.807, 2.05) is 20.8 Å². The maximum absolute atomic E-state index is 12.5. The Morgan fingerprint density at radius 1 is 1.15 bits per heavy atom. The van der Waals surface area contributed by atoms with Gasteiger partial charge in [-0.3, -0.25) is 9.80 Å². The number of amides is 1. The summed E-state index contributed by atoms with van der Waals surface area (Å²) in [6.07, 6.45) is 4.14. The molecule has 1 fully saturated rings. The van der Waals surface area contributed by atoms with Crippen LogP contribution in [0.1, 0.15) is 41.5 Å². The van der Waals surface area contributed by atoms with E-state index in [2.05, 4.69) is 30.6 Å². The van der Waals surface area contributed by atoms with Gasteiger partial charge >= 0.3 is 12.1 Å². The molecule has 1 atom stereocenters. The Balaban J connectivity index is 2.76. The van der Waals surface area contributed by atoms with E-state index in [1.165, 1.54) is 17.2 Å². The van der Waals surface area contributed by atoms with Gasteiger partial charge in [0.2, 0.25) is 0 Å². The summed E-state index contributed by atoms with van der Waals surface area (Å²) in [5.41, 5.74) is -0.590. The number of esters is 1. The number of piperazine rings is 1. The molecule has 0 bridgehead atoms. The topological polar surface area (TPSA) is 59.1 Å². The van der Waals surface area contributed by atoms with Crippen molar-refractivity contribution in [1.82, 2.24) is 9.80 Å². The zero-order valence-electron chi connectivity index (χ0n) is 17.2. The molecule has 0 saturated carbocycles. The Hall–Kier alpha value is -1.13. The third-order valence-electron chi connectivity index (χ3n) is 4.14. The molecule has 1 rings (SSSR count). The van der Waals surface area contributed by atoms with Crippen molar-refractivity contribution in [2.45, 2.75) is 53.2 Å². The monoisotopic (exact) mass is 386 g/mol. The van der Waals surface area contributed by atoms with Crippen LogP contribution in [0.25, 0.3) is 0 Å². The lowest BCUT2D eigenvalue weighted by molar-refractivity contribution is -0.151. The van der Waals surface area contributed by atoms with E-state index in [9.17, 15) is 9.59 Å². The van der Waals surface area contributed by atoms with Gasteiger partial charge in [-0.25, -0.2) is 9.59 Å². The molecule has 1 unspecified atom stereocenters. The molecule has 1 heterocycles. The number of rotatable bonds is 7. The number of hydrogen-bond acceptors (Lipinski definition) is 5. The van der Waals surface area contributed by atoms with E-state index >= 15 is 0 Å². The minimum Gasteiger partial charge on any atom is -0.464 e. The zero-order chi connectivity index (χ0) is 19.7. The van der Waals surface area contributed by atoms with Gasteiger partial charge in [0.1, 0.15) is 11.6 Å². The highest BCUT2D eigenvalue weighted by molar-refractivity contribution is 7.60. The van der Waals surface area contributed by atoms with Gasteiger partial charge in [-0.15, -0.1) is 0 Å². The first-order valence-electron chi connectivity index (χ1n) is 9.51. The van der Waals surface area contributed by atoms with E-state index in [1.54, 1.807) is 6.92 Å². The summed E-state index contributed by atoms with van der Waals surface area (Å²) in [6, 6.07) is -0.620. The van der Waals surface area contributed by atoms with E-state index < -0.39 is 17.7 Å². The number of carbonyl (C=O) groups is 2. The number of nitrogens with zero attached hydrogens (tertiary/aromatic N) is 2. The van der Waals surface area contributed by atoms with Gasteiger partial charge in [0.15, 0.2) is 0 Å². The largest absolute Gasteiger partial charge is 0.464 e. The first-order valence-corrected chi connectivity index (χ1v) is 11.3. The van der Waals surface area contributed by atoms with Crippen LogP contribution in [-0.2, 0) is 14.3 Å². The molecule has 1 aliphatic heterocycles. The molecular formula is C19H35N2O4P. The summed E-state index contributed by atoms with van der Waals surface area (Å²) >= 11 is 0. The minimum absolute atomic E-state index is 0.0306. The molecule has 1 saturated heterocycles. The number of carbonyl (C=O) groups excluding carboxylic acids is 2. The first kappa shape index (κ1) is 22.9. The van der Waals surface area contributed by atoms with Crippen LogP contribution in [0.5, 0.6) is 0 Å². The highest BCUT2D eigenvalue weighted by atomic mass is 31.1. The minimum atomic E-state index is -0.620. The van der Waals surface area contributed by atoms with Gasteiger partial charge in [0.05, 0.1) is 6.61 Å². The van der Waals surface area contributed by atoms with Crippen molar-refractivity contribution in [2.75, 3.05) is 45.1 Å². The summed E-state index contributed by atoms with van der Waals surface area (Å²) in [6.45, 7) is 14.4. The van der Waals surface area contributed by atoms with Crippen LogP contribution < -0.4 is 0 Å². The maximum atomic E-state index is 12.5. The van der Waals surface area contributed by atoms with Crippen LogP contribution in [0, 0.1) is 0 Å². The summed E-state index contributed by atoms with van der Waals surface area (Å²) < 4.78 is 10.6. The summed E-state index contributed by atoms with van der Waals surface area (Å²) in [5.74, 6) is 1.95. The molecule has 0 radical (unpaired) electrons. The van der Waals surface area contributed by atoms with Crippen molar-refractivity contribution < 1.29 is 19.1 Å². The molecule has 0 spiro atoms. The Morgan fingerprint density at radius 3 is 2.35 bits per heavy atom. The van der Waals surface area contributed by atoms with E-state index in [-0.39, 0.29) is 13.9 Å². The molecule has 26 heavy (non-hydrogen) atoms. The molecule has 150 valence electrons. The van der Waals surface area contributed by atoms with Crippen molar-refractivity contribution in [3.8, 4) is 0 Å². The van der Waals surface area contributed by atoms with E-state index in [4.69, 9.17) is 9.47 Å². The molecule has 1 aliphatic rings. The highest BCUT2D eigenvalue weighted by Gasteiger charge is 2.38. The molecule has 1 amide bonds. The van der Waals surface area contributed by atoms with E-state index in [0.29, 0.717) is 19.7 Å². The van der Waals surface area contributed by atoms with Crippen LogP contribution in [0.15, 0.2) is 11.9 Å². The SMILES string of the molecule is CCOC(=O)C1CN(CC=CP(CC)CC)CCN1C(=O)OC(C)(C)C. The average Bonchev–Trinajstić information content (AvgIpc) is 2.57. The fourth-order valence-electron chi connectivity index (χ4n) is 2.76. The Labute approximate surface area is 159 Å². The Kier molecular flexibility index (Phi) is 9.59. The fourth-order valence-corrected chi connectivity index (χ4v) is 4.03. The fraction of sp³-hybridized carbons (Fsp3) is 0.789. The zero-order valence-corrected chi connectivity index (χ0v) is 18.1. The molecule has 0 aromatic heterocycles. The lowest BCUT2D eigenvalue weighted by Crippen LogP contribution is -2.59. The van der Waals surface area contributed by atoms with Crippen LogP contribution in [-0.4, -0.2) is 78.6 Å². The summed E-state index contributed by atoms with van der Waals surface area (Å²) in [7, 11) is -0.0306. The Morgan fingerprint density at radius 2 is 1.81 bits per heavy atom. The predicted molar refractivity (Wildman–Crippen MR) is 107 cm³/mol. The number of ether oxygens (including phenoxy) is 2. The van der Waals surface area contributed by atoms with Crippen LogP contribution in [0.2, 0.25) is 0 Å². The predicted octanol–water partition coefficient (Wildman–Crippen LogP) is 3.51. The second-order valence-corrected chi connectivity index (χ2v) is 10.0. The average molecular weight is 386 g/mol. The van der Waals surface area contributed by atoms with E-state index in [0.717, 1.165) is 13.1 Å². The third kappa shape index (κ3) is 7.63. The molecule has 7 heteroatoms. The summed E-state index contributed by atoms with van der Waals surface area (Å²) in [4.78, 5) is 28.6. The van der Waals surface area contributed by atoms with Gasteiger partial charge < -0.3 is 9.47 Å². The smallest absolute Gasteiger partial charge is 0.411 e. The van der Waals surface area contributed by atoms with Crippen LogP contribution in [0.4, 0.5) is 4.79 Å². The van der Waals surface area contributed by atoms with Crippen molar-refractivity contribution in [3.05, 3.63) is 11.9 Å². The quantitative estimate of drug-likeness (QED) is 0.495. The third-order valence-corrected chi connectivity index (χ3v) is 6.40. The molecule has 0 aliphatic carbocycles. The number of hydrogen-bond donors (Lipinski definition) is 0. The second-order valence-electron chi connectivity index (χ2n) is 7.31. The molecule has 0 aromatic rings. The molecule has 0 N–H and O–H groups in total. The molecular weight excluding hydrogens is 351 g/mol. The normalized spacial score (nSPS) is 19.2. The first-order chi connectivity index (χ1) is 12.2. The van der Waals surface area contributed by atoms with Gasteiger partial charge in [-0.1, -0.05) is 33.7 Å². The van der Waals surface area contributed by atoms with Crippen molar-refractivity contribution >= 4 is 20.0 Å². The Bertz CT molecular complexity index is 486. The standard InChI is InChI=1S/C19H35N2O4P/c1-7-24-17(22)16-15-20(11-10-14-26(8-2)9-3)12-13-21(16)18(23)25-19(4,5)6/h10,14,16H,7-9,11-13,15H2,1-6H3. The van der Waals surface area contributed by atoms with Crippen molar-refractivity contribution in [3.63, 3.8) is 0 Å². The second kappa shape index (κ2) is 10.9. The van der Waals surface area contributed by atoms with Crippen molar-refractivity contribution in [2.24, 2.45) is 0 Å². The van der Waals surface area contributed by atoms with Gasteiger partial charge in [0.25, 0.3) is 0 Å². The highest BCUT2D eigenvalue weighted by Crippen LogP contribution is 2.35. The van der Waals surface area contributed by atoms with Crippen LogP contribution in [0.3, 0.4) is 0 Å². The molecule has 0 aromatic carbocycles. The lowest BCUT2D eigenvalue weighted by atomic mass is 10.1. The van der Waals surface area contributed by atoms with Gasteiger partial charge in [0, 0.05) is 26.2 Å². The maximum Gasteiger partial charge on any atom is 0.411 e. The van der Waals surface area contributed by atoms with Gasteiger partial charge in [-0.05, 0) is 40.0 Å².